The second kappa shape index (κ2) is 6.94. The lowest BCUT2D eigenvalue weighted by atomic mass is 10.1. The van der Waals surface area contributed by atoms with Crippen molar-refractivity contribution in [2.75, 3.05) is 14.2 Å². The molecule has 118 valence electrons. The van der Waals surface area contributed by atoms with E-state index in [0.29, 0.717) is 26.9 Å². The minimum atomic E-state index is -1.48. The Kier molecular flexibility index (Phi) is 5.21. The van der Waals surface area contributed by atoms with E-state index in [1.165, 1.54) is 14.2 Å². The molecule has 0 saturated carbocycles. The standard InChI is InChI=1S/C17H20O4S/c1-11-5-7-13(8-6-11)22(19)17-15(21-4)10-9-14(20-3)16(17)12(2)18/h5-10,12,18H,1-4H3/t12-,22-/m0/s1. The van der Waals surface area contributed by atoms with E-state index in [0.717, 1.165) is 5.56 Å². The Balaban J connectivity index is 2.65. The highest BCUT2D eigenvalue weighted by molar-refractivity contribution is 7.85. The van der Waals surface area contributed by atoms with Crippen LogP contribution in [0.3, 0.4) is 0 Å². The molecule has 22 heavy (non-hydrogen) atoms. The van der Waals surface area contributed by atoms with Gasteiger partial charge in [-0.15, -0.1) is 0 Å². The lowest BCUT2D eigenvalue weighted by molar-refractivity contribution is 0.190. The first kappa shape index (κ1) is 16.5. The molecule has 0 radical (unpaired) electrons. The lowest BCUT2D eigenvalue weighted by Gasteiger charge is -2.18. The van der Waals surface area contributed by atoms with Gasteiger partial charge in [0.2, 0.25) is 0 Å². The average molecular weight is 320 g/mol. The van der Waals surface area contributed by atoms with Gasteiger partial charge in [-0.3, -0.25) is 0 Å². The Morgan fingerprint density at radius 1 is 1.00 bits per heavy atom. The van der Waals surface area contributed by atoms with Crippen molar-refractivity contribution < 1.29 is 18.8 Å². The Labute approximate surface area is 133 Å². The number of hydrogen-bond donors (Lipinski definition) is 1. The van der Waals surface area contributed by atoms with Crippen molar-refractivity contribution >= 4 is 10.8 Å². The van der Waals surface area contributed by atoms with Gasteiger partial charge in [-0.25, -0.2) is 4.21 Å². The maximum absolute atomic E-state index is 13.0. The van der Waals surface area contributed by atoms with Gasteiger partial charge in [0, 0.05) is 10.5 Å². The molecule has 1 N–H and O–H groups in total. The summed E-state index contributed by atoms with van der Waals surface area (Å²) in [5, 5.41) is 10.1. The molecule has 0 fully saturated rings. The SMILES string of the molecule is COc1ccc(OC)c([S@@](=O)c2ccc(C)cc2)c1[C@H](C)O. The summed E-state index contributed by atoms with van der Waals surface area (Å²) < 4.78 is 23.6. The molecular weight excluding hydrogens is 300 g/mol. The minimum absolute atomic E-state index is 0.445. The van der Waals surface area contributed by atoms with Crippen LogP contribution in [-0.2, 0) is 10.8 Å². The Morgan fingerprint density at radius 3 is 2.05 bits per heavy atom. The fourth-order valence-corrected chi connectivity index (χ4v) is 3.69. The minimum Gasteiger partial charge on any atom is -0.496 e. The molecule has 0 aromatic heterocycles. The molecule has 0 amide bonds. The molecule has 0 saturated heterocycles. The van der Waals surface area contributed by atoms with Crippen LogP contribution in [0.15, 0.2) is 46.2 Å². The molecule has 0 aliphatic heterocycles. The number of hydrogen-bond acceptors (Lipinski definition) is 4. The molecule has 0 unspecified atom stereocenters. The molecule has 0 spiro atoms. The van der Waals surface area contributed by atoms with E-state index in [9.17, 15) is 9.32 Å². The highest BCUT2D eigenvalue weighted by atomic mass is 32.2. The van der Waals surface area contributed by atoms with Gasteiger partial charge >= 0.3 is 0 Å². The molecule has 0 aliphatic carbocycles. The number of aliphatic hydroxyl groups excluding tert-OH is 1. The summed E-state index contributed by atoms with van der Waals surface area (Å²) in [5.41, 5.74) is 1.58. The van der Waals surface area contributed by atoms with Crippen LogP contribution in [0.5, 0.6) is 11.5 Å². The van der Waals surface area contributed by atoms with E-state index in [2.05, 4.69) is 0 Å². The smallest absolute Gasteiger partial charge is 0.136 e. The van der Waals surface area contributed by atoms with Crippen LogP contribution in [0, 0.1) is 6.92 Å². The van der Waals surface area contributed by atoms with Gasteiger partial charge in [-0.05, 0) is 38.1 Å². The van der Waals surface area contributed by atoms with Crippen molar-refractivity contribution in [1.82, 2.24) is 0 Å². The van der Waals surface area contributed by atoms with Crippen LogP contribution >= 0.6 is 0 Å². The molecule has 0 bridgehead atoms. The number of rotatable bonds is 5. The molecule has 4 nitrogen and oxygen atoms in total. The van der Waals surface area contributed by atoms with Gasteiger partial charge in [-0.1, -0.05) is 17.7 Å². The van der Waals surface area contributed by atoms with Gasteiger partial charge < -0.3 is 14.6 Å². The van der Waals surface area contributed by atoms with Crippen molar-refractivity contribution in [2.45, 2.75) is 29.7 Å². The van der Waals surface area contributed by atoms with Gasteiger partial charge in [0.05, 0.1) is 36.0 Å². The third kappa shape index (κ3) is 3.15. The second-order valence-corrected chi connectivity index (χ2v) is 6.39. The van der Waals surface area contributed by atoms with Crippen molar-refractivity contribution in [2.24, 2.45) is 0 Å². The van der Waals surface area contributed by atoms with Crippen LogP contribution in [0.25, 0.3) is 0 Å². The monoisotopic (exact) mass is 320 g/mol. The molecule has 2 atom stereocenters. The van der Waals surface area contributed by atoms with Gasteiger partial charge in [0.25, 0.3) is 0 Å². The number of aliphatic hydroxyl groups is 1. The molecular formula is C17H20O4S. The molecule has 2 aromatic carbocycles. The molecule has 0 aliphatic rings. The van der Waals surface area contributed by atoms with Crippen LogP contribution in [0.1, 0.15) is 24.2 Å². The summed E-state index contributed by atoms with van der Waals surface area (Å²) in [6.45, 7) is 3.59. The van der Waals surface area contributed by atoms with E-state index in [-0.39, 0.29) is 0 Å². The third-order valence-corrected chi connectivity index (χ3v) is 4.89. The van der Waals surface area contributed by atoms with Crippen LogP contribution < -0.4 is 9.47 Å². The average Bonchev–Trinajstić information content (AvgIpc) is 2.53. The molecule has 2 rings (SSSR count). The topological polar surface area (TPSA) is 55.8 Å². The van der Waals surface area contributed by atoms with E-state index in [1.54, 1.807) is 19.1 Å². The van der Waals surface area contributed by atoms with E-state index in [1.807, 2.05) is 31.2 Å². The third-order valence-electron chi connectivity index (χ3n) is 3.40. The van der Waals surface area contributed by atoms with Crippen molar-refractivity contribution in [3.63, 3.8) is 0 Å². The van der Waals surface area contributed by atoms with Crippen LogP contribution in [0.2, 0.25) is 0 Å². The Hall–Kier alpha value is -1.85. The number of benzene rings is 2. The fourth-order valence-electron chi connectivity index (χ4n) is 2.27. The second-order valence-electron chi connectivity index (χ2n) is 4.97. The predicted molar refractivity (Wildman–Crippen MR) is 86.0 cm³/mol. The van der Waals surface area contributed by atoms with Gasteiger partial charge in [0.15, 0.2) is 0 Å². The zero-order chi connectivity index (χ0) is 16.3. The van der Waals surface area contributed by atoms with Crippen LogP contribution in [0.4, 0.5) is 0 Å². The van der Waals surface area contributed by atoms with Crippen molar-refractivity contribution in [1.29, 1.82) is 0 Å². The number of ether oxygens (including phenoxy) is 2. The predicted octanol–water partition coefficient (Wildman–Crippen LogP) is 3.23. The normalized spacial score (nSPS) is 13.5. The zero-order valence-electron chi connectivity index (χ0n) is 13.1. The van der Waals surface area contributed by atoms with Gasteiger partial charge in [-0.2, -0.15) is 0 Å². The first-order chi connectivity index (χ1) is 10.5. The largest absolute Gasteiger partial charge is 0.496 e. The highest BCUT2D eigenvalue weighted by Gasteiger charge is 2.24. The van der Waals surface area contributed by atoms with E-state index in [4.69, 9.17) is 9.47 Å². The summed E-state index contributed by atoms with van der Waals surface area (Å²) in [6, 6.07) is 10.8. The molecule has 0 heterocycles. The first-order valence-corrected chi connectivity index (χ1v) is 8.06. The van der Waals surface area contributed by atoms with Crippen molar-refractivity contribution in [3.05, 3.63) is 47.5 Å². The summed E-state index contributed by atoms with van der Waals surface area (Å²) >= 11 is 0. The number of aryl methyl sites for hydroxylation is 1. The lowest BCUT2D eigenvalue weighted by Crippen LogP contribution is -2.07. The van der Waals surface area contributed by atoms with Gasteiger partial charge in [0.1, 0.15) is 11.5 Å². The molecule has 2 aromatic rings. The van der Waals surface area contributed by atoms with E-state index >= 15 is 0 Å². The zero-order valence-corrected chi connectivity index (χ0v) is 13.9. The Morgan fingerprint density at radius 2 is 1.55 bits per heavy atom. The quantitative estimate of drug-likeness (QED) is 0.919. The van der Waals surface area contributed by atoms with E-state index < -0.39 is 16.9 Å². The molecule has 5 heteroatoms. The Bertz CT molecular complexity index is 678. The maximum Gasteiger partial charge on any atom is 0.136 e. The van der Waals surface area contributed by atoms with Crippen LogP contribution in [-0.4, -0.2) is 23.5 Å². The highest BCUT2D eigenvalue weighted by Crippen LogP contribution is 2.39. The first-order valence-electron chi connectivity index (χ1n) is 6.91. The fraction of sp³-hybridized carbons (Fsp3) is 0.294. The summed E-state index contributed by atoms with van der Waals surface area (Å²) in [5.74, 6) is 0.960. The van der Waals surface area contributed by atoms with Crippen molar-refractivity contribution in [3.8, 4) is 11.5 Å². The number of methoxy groups -OCH3 is 2. The summed E-state index contributed by atoms with van der Waals surface area (Å²) in [6.07, 6.45) is -0.825. The summed E-state index contributed by atoms with van der Waals surface area (Å²) in [7, 11) is 1.56. The summed E-state index contributed by atoms with van der Waals surface area (Å²) in [4.78, 5) is 1.10. The maximum atomic E-state index is 13.0.